The molecule has 3 aromatic heterocycles. The van der Waals surface area contributed by atoms with E-state index in [0.717, 1.165) is 22.8 Å². The lowest BCUT2D eigenvalue weighted by Crippen LogP contribution is -2.00. The molecule has 2 N–H and O–H groups in total. The summed E-state index contributed by atoms with van der Waals surface area (Å²) in [5, 5.41) is 4.16. The molecule has 4 aromatic rings. The predicted octanol–water partition coefficient (Wildman–Crippen LogP) is 2.52. The number of aromatic nitrogens is 6. The van der Waals surface area contributed by atoms with Crippen molar-refractivity contribution in [2.45, 2.75) is 0 Å². The molecule has 8 heteroatoms. The normalized spacial score (nSPS) is 10.3. The fourth-order valence-electron chi connectivity index (χ4n) is 2.44. The molecule has 0 amide bonds. The van der Waals surface area contributed by atoms with E-state index in [1.54, 1.807) is 29.5 Å². The third-order valence-electron chi connectivity index (χ3n) is 3.47. The second-order valence-electron chi connectivity index (χ2n) is 4.95. The topological polar surface area (TPSA) is 87.4 Å². The minimum atomic E-state index is 0. The molecule has 7 nitrogen and oxygen atoms in total. The van der Waals surface area contributed by atoms with Gasteiger partial charge in [-0.3, -0.25) is 4.57 Å². The summed E-state index contributed by atoms with van der Waals surface area (Å²) in [5.41, 5.74) is 8.58. The van der Waals surface area contributed by atoms with Crippen molar-refractivity contribution in [1.82, 2.24) is 29.3 Å². The van der Waals surface area contributed by atoms with Crippen molar-refractivity contribution in [3.63, 3.8) is 0 Å². The molecule has 3 heterocycles. The number of nitrogens with two attached hydrogens (primary N) is 1. The first kappa shape index (κ1) is 15.7. The molecule has 0 saturated carbocycles. The van der Waals surface area contributed by atoms with Gasteiger partial charge in [0.05, 0.1) is 5.69 Å². The summed E-state index contributed by atoms with van der Waals surface area (Å²) < 4.78 is 3.71. The van der Waals surface area contributed by atoms with Gasteiger partial charge >= 0.3 is 0 Å². The third kappa shape index (κ3) is 2.84. The third-order valence-corrected chi connectivity index (χ3v) is 3.47. The van der Waals surface area contributed by atoms with Crippen molar-refractivity contribution in [3.05, 3.63) is 67.6 Å². The summed E-state index contributed by atoms with van der Waals surface area (Å²) in [6.45, 7) is 0. The fraction of sp³-hybridized carbons (Fsp3) is 0. The van der Waals surface area contributed by atoms with Crippen molar-refractivity contribution in [1.29, 1.82) is 0 Å². The van der Waals surface area contributed by atoms with Crippen molar-refractivity contribution in [2.24, 2.45) is 0 Å². The molecule has 0 bridgehead atoms. The van der Waals surface area contributed by atoms with Crippen LogP contribution in [0.1, 0.15) is 0 Å². The van der Waals surface area contributed by atoms with Crippen molar-refractivity contribution in [3.8, 4) is 22.8 Å². The van der Waals surface area contributed by atoms with Gasteiger partial charge in [-0.1, -0.05) is 6.07 Å². The zero-order valence-electron chi connectivity index (χ0n) is 12.5. The SMILES string of the molecule is Cl.Nc1cc(-c2nccn2-c2cccc(-n3cncn3)c2)ccn1. The fourth-order valence-corrected chi connectivity index (χ4v) is 2.44. The highest BCUT2D eigenvalue weighted by atomic mass is 35.5. The Bertz CT molecular complexity index is 946. The van der Waals surface area contributed by atoms with Gasteiger partial charge in [0, 0.05) is 29.8 Å². The summed E-state index contributed by atoms with van der Waals surface area (Å²) in [6, 6.07) is 11.7. The summed E-state index contributed by atoms with van der Waals surface area (Å²) in [7, 11) is 0. The maximum Gasteiger partial charge on any atom is 0.144 e. The lowest BCUT2D eigenvalue weighted by atomic mass is 10.2. The molecule has 24 heavy (non-hydrogen) atoms. The van der Waals surface area contributed by atoms with E-state index in [0.29, 0.717) is 5.82 Å². The van der Waals surface area contributed by atoms with Crippen LogP contribution in [0, 0.1) is 0 Å². The summed E-state index contributed by atoms with van der Waals surface area (Å²) in [5.74, 6) is 1.27. The van der Waals surface area contributed by atoms with E-state index >= 15 is 0 Å². The van der Waals surface area contributed by atoms with Crippen LogP contribution in [0.25, 0.3) is 22.8 Å². The maximum atomic E-state index is 5.78. The highest BCUT2D eigenvalue weighted by molar-refractivity contribution is 5.85. The molecule has 0 saturated heterocycles. The first-order valence-corrected chi connectivity index (χ1v) is 7.02. The van der Waals surface area contributed by atoms with E-state index in [2.05, 4.69) is 20.1 Å². The predicted molar refractivity (Wildman–Crippen MR) is 93.4 cm³/mol. The van der Waals surface area contributed by atoms with Gasteiger partial charge in [-0.25, -0.2) is 19.6 Å². The van der Waals surface area contributed by atoms with E-state index < -0.39 is 0 Å². The number of anilines is 1. The van der Waals surface area contributed by atoms with Crippen LogP contribution in [0.3, 0.4) is 0 Å². The average molecular weight is 340 g/mol. The highest BCUT2D eigenvalue weighted by Crippen LogP contribution is 2.23. The van der Waals surface area contributed by atoms with Gasteiger partial charge in [0.1, 0.15) is 24.3 Å². The molecule has 0 unspecified atom stereocenters. The van der Waals surface area contributed by atoms with Gasteiger partial charge in [-0.15, -0.1) is 12.4 Å². The lowest BCUT2D eigenvalue weighted by Gasteiger charge is -2.10. The Balaban J connectivity index is 0.00000169. The van der Waals surface area contributed by atoms with E-state index in [1.165, 1.54) is 6.33 Å². The van der Waals surface area contributed by atoms with E-state index in [-0.39, 0.29) is 12.4 Å². The molecule has 1 aromatic carbocycles. The lowest BCUT2D eigenvalue weighted by molar-refractivity contribution is 0.876. The number of nitrogen functional groups attached to an aromatic ring is 1. The number of halogens is 1. The molecule has 0 atom stereocenters. The smallest absolute Gasteiger partial charge is 0.144 e. The highest BCUT2D eigenvalue weighted by Gasteiger charge is 2.09. The molecule has 0 fully saturated rings. The largest absolute Gasteiger partial charge is 0.384 e. The second-order valence-corrected chi connectivity index (χ2v) is 4.95. The molecule has 4 rings (SSSR count). The zero-order chi connectivity index (χ0) is 15.6. The molecule has 0 spiro atoms. The Kier molecular flexibility index (Phi) is 4.26. The van der Waals surface area contributed by atoms with Gasteiger partial charge in [0.2, 0.25) is 0 Å². The molecule has 0 aliphatic heterocycles. The monoisotopic (exact) mass is 339 g/mol. The first-order chi connectivity index (χ1) is 11.3. The number of benzene rings is 1. The molecule has 0 aliphatic rings. The number of pyridine rings is 1. The van der Waals surface area contributed by atoms with Crippen LogP contribution in [-0.4, -0.2) is 29.3 Å². The molecule has 120 valence electrons. The Morgan fingerprint density at radius 2 is 1.83 bits per heavy atom. The van der Waals surface area contributed by atoms with E-state index in [9.17, 15) is 0 Å². The van der Waals surface area contributed by atoms with Crippen LogP contribution in [0.2, 0.25) is 0 Å². The van der Waals surface area contributed by atoms with Gasteiger partial charge in [-0.2, -0.15) is 5.10 Å². The van der Waals surface area contributed by atoms with Crippen LogP contribution < -0.4 is 5.73 Å². The number of nitrogens with zero attached hydrogens (tertiary/aromatic N) is 6. The van der Waals surface area contributed by atoms with Crippen LogP contribution in [0.5, 0.6) is 0 Å². The first-order valence-electron chi connectivity index (χ1n) is 7.02. The van der Waals surface area contributed by atoms with Crippen molar-refractivity contribution in [2.75, 3.05) is 5.73 Å². The van der Waals surface area contributed by atoms with Crippen LogP contribution in [0.15, 0.2) is 67.6 Å². The molecule has 0 aliphatic carbocycles. The quantitative estimate of drug-likeness (QED) is 0.619. The average Bonchev–Trinajstić information content (AvgIpc) is 3.27. The summed E-state index contributed by atoms with van der Waals surface area (Å²) in [4.78, 5) is 12.4. The summed E-state index contributed by atoms with van der Waals surface area (Å²) in [6.07, 6.45) is 8.52. The number of imidazole rings is 1. The zero-order valence-corrected chi connectivity index (χ0v) is 13.3. The molecule has 0 radical (unpaired) electrons. The Labute approximate surface area is 144 Å². The molecular weight excluding hydrogens is 326 g/mol. The minimum absolute atomic E-state index is 0. The van der Waals surface area contributed by atoms with Crippen LogP contribution in [0.4, 0.5) is 5.82 Å². The number of rotatable bonds is 3. The number of hydrogen-bond acceptors (Lipinski definition) is 5. The Morgan fingerprint density at radius 1 is 0.958 bits per heavy atom. The van der Waals surface area contributed by atoms with Gasteiger partial charge in [-0.05, 0) is 30.3 Å². The maximum absolute atomic E-state index is 5.78. The Hall–Kier alpha value is -3.19. The minimum Gasteiger partial charge on any atom is -0.384 e. The van der Waals surface area contributed by atoms with Crippen molar-refractivity contribution < 1.29 is 0 Å². The van der Waals surface area contributed by atoms with Gasteiger partial charge < -0.3 is 5.73 Å². The van der Waals surface area contributed by atoms with Crippen LogP contribution in [-0.2, 0) is 0 Å². The number of hydrogen-bond donors (Lipinski definition) is 1. The molecular formula is C16H14ClN7. The van der Waals surface area contributed by atoms with E-state index in [1.807, 2.05) is 41.1 Å². The second kappa shape index (κ2) is 6.51. The van der Waals surface area contributed by atoms with Gasteiger partial charge in [0.15, 0.2) is 0 Å². The standard InChI is InChI=1S/C16H13N7.ClH/c17-15-8-12(4-5-19-15)16-20-6-7-22(16)13-2-1-3-14(9-13)23-11-18-10-21-23;/h1-11H,(H2,17,19);1H. The van der Waals surface area contributed by atoms with E-state index in [4.69, 9.17) is 5.73 Å². The van der Waals surface area contributed by atoms with Gasteiger partial charge in [0.25, 0.3) is 0 Å². The summed E-state index contributed by atoms with van der Waals surface area (Å²) >= 11 is 0. The Morgan fingerprint density at radius 3 is 2.62 bits per heavy atom. The van der Waals surface area contributed by atoms with Crippen LogP contribution >= 0.6 is 12.4 Å². The van der Waals surface area contributed by atoms with Crippen molar-refractivity contribution >= 4 is 18.2 Å².